The molecule has 0 spiro atoms. The van der Waals surface area contributed by atoms with E-state index < -0.39 is 29.7 Å². The molecule has 0 amide bonds. The lowest BCUT2D eigenvalue weighted by atomic mass is 10.2. The van der Waals surface area contributed by atoms with Crippen molar-refractivity contribution >= 4 is 0 Å². The average Bonchev–Trinajstić information content (AvgIpc) is 1.97. The van der Waals surface area contributed by atoms with Gasteiger partial charge in [0.25, 0.3) is 0 Å². The lowest BCUT2D eigenvalue weighted by molar-refractivity contribution is -0.276. The molecule has 0 radical (unpaired) electrons. The fourth-order valence-corrected chi connectivity index (χ4v) is 0.989. The third-order valence-electron chi connectivity index (χ3n) is 1.48. The van der Waals surface area contributed by atoms with Crippen LogP contribution in [0.4, 0.5) is 30.7 Å². The van der Waals surface area contributed by atoms with Gasteiger partial charge in [0.15, 0.2) is 0 Å². The SMILES string of the molecule is Fc1cccc(OC(F)(F)F)c1C(F)(F)F. The van der Waals surface area contributed by atoms with E-state index in [2.05, 4.69) is 4.74 Å². The van der Waals surface area contributed by atoms with E-state index in [0.717, 1.165) is 0 Å². The molecule has 16 heavy (non-hydrogen) atoms. The molecule has 0 aromatic heterocycles. The molecule has 0 aliphatic rings. The molecule has 8 heteroatoms. The van der Waals surface area contributed by atoms with Crippen LogP contribution in [0.25, 0.3) is 0 Å². The molecule has 0 saturated heterocycles. The summed E-state index contributed by atoms with van der Waals surface area (Å²) in [6.07, 6.45) is -10.6. The van der Waals surface area contributed by atoms with Gasteiger partial charge in [-0.15, -0.1) is 13.2 Å². The summed E-state index contributed by atoms with van der Waals surface area (Å²) in [5.74, 6) is -3.44. The Kier molecular flexibility index (Phi) is 3.02. The van der Waals surface area contributed by atoms with Gasteiger partial charge >= 0.3 is 12.5 Å². The molecule has 0 unspecified atom stereocenters. The summed E-state index contributed by atoms with van der Waals surface area (Å²) in [6.45, 7) is 0. The predicted octanol–water partition coefficient (Wildman–Crippen LogP) is 3.74. The predicted molar refractivity (Wildman–Crippen MR) is 38.1 cm³/mol. The van der Waals surface area contributed by atoms with Crippen LogP contribution in [0.2, 0.25) is 0 Å². The van der Waals surface area contributed by atoms with Crippen LogP contribution in [0.5, 0.6) is 5.75 Å². The number of ether oxygens (including phenoxy) is 1. The Bertz CT molecular complexity index is 379. The largest absolute Gasteiger partial charge is 0.573 e. The molecule has 1 aromatic rings. The van der Waals surface area contributed by atoms with Crippen molar-refractivity contribution in [1.29, 1.82) is 0 Å². The van der Waals surface area contributed by atoms with Crippen molar-refractivity contribution in [1.82, 2.24) is 0 Å². The smallest absolute Gasteiger partial charge is 0.405 e. The highest BCUT2D eigenvalue weighted by Crippen LogP contribution is 2.39. The van der Waals surface area contributed by atoms with Crippen molar-refractivity contribution < 1.29 is 35.5 Å². The summed E-state index contributed by atoms with van der Waals surface area (Å²) >= 11 is 0. The minimum Gasteiger partial charge on any atom is -0.405 e. The third-order valence-corrected chi connectivity index (χ3v) is 1.48. The molecule has 0 bridgehead atoms. The van der Waals surface area contributed by atoms with Gasteiger partial charge in [-0.1, -0.05) is 6.07 Å². The molecule has 1 aromatic carbocycles. The van der Waals surface area contributed by atoms with E-state index in [9.17, 15) is 30.7 Å². The Balaban J connectivity index is 3.24. The van der Waals surface area contributed by atoms with Gasteiger partial charge in [0.2, 0.25) is 0 Å². The van der Waals surface area contributed by atoms with Crippen LogP contribution in [-0.2, 0) is 6.18 Å². The van der Waals surface area contributed by atoms with E-state index in [1.807, 2.05) is 0 Å². The standard InChI is InChI=1S/C8H3F7O/c9-4-2-1-3-5(16-8(13,14)15)6(4)7(10,11)12/h1-3H. The summed E-state index contributed by atoms with van der Waals surface area (Å²) in [7, 11) is 0. The summed E-state index contributed by atoms with van der Waals surface area (Å²) in [5.41, 5.74) is -2.08. The number of benzene rings is 1. The fraction of sp³-hybridized carbons (Fsp3) is 0.250. The van der Waals surface area contributed by atoms with Gasteiger partial charge in [0, 0.05) is 0 Å². The molecule has 0 saturated carbocycles. The summed E-state index contributed by atoms with van der Waals surface area (Å²) in [5, 5.41) is 0. The van der Waals surface area contributed by atoms with Gasteiger partial charge in [-0.05, 0) is 12.1 Å². The van der Waals surface area contributed by atoms with Crippen LogP contribution in [0.3, 0.4) is 0 Å². The zero-order chi connectivity index (χ0) is 12.6. The first-order valence-electron chi connectivity index (χ1n) is 3.73. The molecule has 0 heterocycles. The highest BCUT2D eigenvalue weighted by Gasteiger charge is 2.41. The van der Waals surface area contributed by atoms with Crippen molar-refractivity contribution in [3.8, 4) is 5.75 Å². The summed E-state index contributed by atoms with van der Waals surface area (Å²) in [6, 6.07) is 1.47. The minimum absolute atomic E-state index is 0.388. The van der Waals surface area contributed by atoms with Crippen LogP contribution in [0.15, 0.2) is 18.2 Å². The molecule has 0 aliphatic heterocycles. The molecular formula is C8H3F7O. The number of hydrogen-bond acceptors (Lipinski definition) is 1. The fourth-order valence-electron chi connectivity index (χ4n) is 0.989. The van der Waals surface area contributed by atoms with Gasteiger partial charge in [-0.2, -0.15) is 13.2 Å². The van der Waals surface area contributed by atoms with Crippen LogP contribution in [0.1, 0.15) is 5.56 Å². The Labute approximate surface area is 84.4 Å². The highest BCUT2D eigenvalue weighted by atomic mass is 19.4. The zero-order valence-corrected chi connectivity index (χ0v) is 7.29. The molecule has 1 rings (SSSR count). The van der Waals surface area contributed by atoms with Crippen molar-refractivity contribution in [2.45, 2.75) is 12.5 Å². The molecule has 0 fully saturated rings. The van der Waals surface area contributed by atoms with E-state index in [0.29, 0.717) is 18.2 Å². The molecule has 0 atom stereocenters. The third kappa shape index (κ3) is 3.01. The first kappa shape index (κ1) is 12.6. The highest BCUT2D eigenvalue weighted by molar-refractivity contribution is 5.37. The Morgan fingerprint density at radius 3 is 1.94 bits per heavy atom. The lowest BCUT2D eigenvalue weighted by Gasteiger charge is -2.15. The molecule has 90 valence electrons. The van der Waals surface area contributed by atoms with Gasteiger partial charge < -0.3 is 4.74 Å². The monoisotopic (exact) mass is 248 g/mol. The normalized spacial score (nSPS) is 12.7. The summed E-state index contributed by atoms with van der Waals surface area (Å²) in [4.78, 5) is 0. The Morgan fingerprint density at radius 1 is 0.938 bits per heavy atom. The van der Waals surface area contributed by atoms with Crippen molar-refractivity contribution in [2.24, 2.45) is 0 Å². The van der Waals surface area contributed by atoms with Crippen molar-refractivity contribution in [2.75, 3.05) is 0 Å². The van der Waals surface area contributed by atoms with Crippen LogP contribution in [-0.4, -0.2) is 6.36 Å². The zero-order valence-electron chi connectivity index (χ0n) is 7.29. The first-order chi connectivity index (χ1) is 7.11. The molecule has 0 aliphatic carbocycles. The van der Waals surface area contributed by atoms with Crippen LogP contribution >= 0.6 is 0 Å². The number of halogens is 7. The van der Waals surface area contributed by atoms with Crippen LogP contribution < -0.4 is 4.74 Å². The Hall–Kier alpha value is -1.47. The lowest BCUT2D eigenvalue weighted by Crippen LogP contribution is -2.20. The second-order valence-corrected chi connectivity index (χ2v) is 2.66. The first-order valence-corrected chi connectivity index (χ1v) is 3.73. The Morgan fingerprint density at radius 2 is 1.50 bits per heavy atom. The van der Waals surface area contributed by atoms with E-state index in [-0.39, 0.29) is 0 Å². The molecule has 0 N–H and O–H groups in total. The minimum atomic E-state index is -5.31. The molecular weight excluding hydrogens is 245 g/mol. The average molecular weight is 248 g/mol. The maximum Gasteiger partial charge on any atom is 0.573 e. The van der Waals surface area contributed by atoms with Crippen molar-refractivity contribution in [3.63, 3.8) is 0 Å². The van der Waals surface area contributed by atoms with E-state index in [1.54, 1.807) is 0 Å². The topological polar surface area (TPSA) is 9.23 Å². The van der Waals surface area contributed by atoms with E-state index in [4.69, 9.17) is 0 Å². The van der Waals surface area contributed by atoms with E-state index >= 15 is 0 Å². The van der Waals surface area contributed by atoms with Crippen LogP contribution in [0, 0.1) is 5.82 Å². The second kappa shape index (κ2) is 3.84. The maximum absolute atomic E-state index is 12.8. The van der Waals surface area contributed by atoms with Gasteiger partial charge in [0.1, 0.15) is 17.1 Å². The molecule has 1 nitrogen and oxygen atoms in total. The van der Waals surface area contributed by atoms with E-state index in [1.165, 1.54) is 0 Å². The maximum atomic E-state index is 12.8. The van der Waals surface area contributed by atoms with Gasteiger partial charge in [-0.3, -0.25) is 0 Å². The van der Waals surface area contributed by atoms with Crippen molar-refractivity contribution in [3.05, 3.63) is 29.6 Å². The van der Waals surface area contributed by atoms with Gasteiger partial charge in [-0.25, -0.2) is 4.39 Å². The van der Waals surface area contributed by atoms with Gasteiger partial charge in [0.05, 0.1) is 0 Å². The second-order valence-electron chi connectivity index (χ2n) is 2.66. The number of rotatable bonds is 1. The quantitative estimate of drug-likeness (QED) is 0.688. The number of hydrogen-bond donors (Lipinski definition) is 0. The summed E-state index contributed by atoms with van der Waals surface area (Å²) < 4.78 is 87.6. The number of alkyl halides is 6.